The average Bonchev–Trinajstić information content (AvgIpc) is 2.67. The van der Waals surface area contributed by atoms with E-state index in [9.17, 15) is 0 Å². The molecule has 1 aliphatic rings. The van der Waals surface area contributed by atoms with Crippen molar-refractivity contribution in [2.24, 2.45) is 0 Å². The number of nitrogens with two attached hydrogens (primary N) is 1. The maximum absolute atomic E-state index is 5.83. The third kappa shape index (κ3) is 3.98. The van der Waals surface area contributed by atoms with Crippen LogP contribution in [0.4, 0.5) is 5.69 Å². The van der Waals surface area contributed by atoms with Crippen molar-refractivity contribution in [3.05, 3.63) is 28.2 Å². The number of benzene rings is 1. The Morgan fingerprint density at radius 3 is 2.94 bits per heavy atom. The first-order valence-corrected chi connectivity index (χ1v) is 6.78. The van der Waals surface area contributed by atoms with Gasteiger partial charge < -0.3 is 10.5 Å². The lowest BCUT2D eigenvalue weighted by Gasteiger charge is -2.20. The van der Waals surface area contributed by atoms with Crippen LogP contribution in [-0.2, 0) is 11.3 Å². The van der Waals surface area contributed by atoms with Gasteiger partial charge >= 0.3 is 0 Å². The van der Waals surface area contributed by atoms with Gasteiger partial charge in [0.05, 0.1) is 6.10 Å². The molecule has 1 unspecified atom stereocenters. The molecule has 3 nitrogen and oxygen atoms in total. The van der Waals surface area contributed by atoms with E-state index in [0.29, 0.717) is 6.10 Å². The van der Waals surface area contributed by atoms with Crippen LogP contribution in [0.5, 0.6) is 0 Å². The highest BCUT2D eigenvalue weighted by Gasteiger charge is 2.17. The van der Waals surface area contributed by atoms with Crippen LogP contribution >= 0.6 is 15.9 Å². The molecule has 4 heteroatoms. The summed E-state index contributed by atoms with van der Waals surface area (Å²) in [6, 6.07) is 6.06. The van der Waals surface area contributed by atoms with Crippen LogP contribution in [-0.4, -0.2) is 31.2 Å². The van der Waals surface area contributed by atoms with Gasteiger partial charge in [-0.15, -0.1) is 0 Å². The van der Waals surface area contributed by atoms with Gasteiger partial charge in [-0.2, -0.15) is 0 Å². The van der Waals surface area contributed by atoms with E-state index in [1.807, 2.05) is 12.1 Å². The summed E-state index contributed by atoms with van der Waals surface area (Å²) in [5, 5.41) is 0. The molecule has 0 bridgehead atoms. The molecule has 1 saturated heterocycles. The van der Waals surface area contributed by atoms with Crippen LogP contribution in [0.2, 0.25) is 0 Å². The molecule has 1 aliphatic heterocycles. The second-order valence-electron chi connectivity index (χ2n) is 4.72. The Hall–Kier alpha value is -0.580. The number of hydrogen-bond donors (Lipinski definition) is 1. The van der Waals surface area contributed by atoms with E-state index in [2.05, 4.69) is 33.9 Å². The van der Waals surface area contributed by atoms with Crippen molar-refractivity contribution in [2.75, 3.05) is 25.9 Å². The highest BCUT2D eigenvalue weighted by molar-refractivity contribution is 9.10. The van der Waals surface area contributed by atoms with E-state index in [4.69, 9.17) is 10.5 Å². The van der Waals surface area contributed by atoms with Gasteiger partial charge in [-0.05, 0) is 43.7 Å². The van der Waals surface area contributed by atoms with Gasteiger partial charge in [-0.3, -0.25) is 4.90 Å². The van der Waals surface area contributed by atoms with Gasteiger partial charge in [0, 0.05) is 29.9 Å². The second kappa shape index (κ2) is 5.85. The Kier molecular flexibility index (Phi) is 4.42. The molecule has 0 spiro atoms. The normalized spacial score (nSPS) is 20.1. The van der Waals surface area contributed by atoms with Gasteiger partial charge in [0.1, 0.15) is 0 Å². The van der Waals surface area contributed by atoms with Crippen LogP contribution in [0, 0.1) is 0 Å². The van der Waals surface area contributed by atoms with Crippen LogP contribution < -0.4 is 5.73 Å². The molecule has 1 aromatic rings. The summed E-state index contributed by atoms with van der Waals surface area (Å²) in [7, 11) is 2.12. The third-order valence-corrected chi connectivity index (χ3v) is 3.43. The van der Waals surface area contributed by atoms with E-state index >= 15 is 0 Å². The lowest BCUT2D eigenvalue weighted by Crippen LogP contribution is -2.28. The van der Waals surface area contributed by atoms with Crippen LogP contribution in [0.15, 0.2) is 22.7 Å². The maximum atomic E-state index is 5.83. The molecule has 0 aliphatic carbocycles. The van der Waals surface area contributed by atoms with Crippen molar-refractivity contribution in [1.82, 2.24) is 4.90 Å². The smallest absolute Gasteiger partial charge is 0.0702 e. The predicted molar refractivity (Wildman–Crippen MR) is 73.9 cm³/mol. The van der Waals surface area contributed by atoms with Crippen molar-refractivity contribution >= 4 is 21.6 Å². The SMILES string of the molecule is CN(Cc1cc(N)cc(Br)c1)CC1CCCO1. The first-order valence-electron chi connectivity index (χ1n) is 5.98. The van der Waals surface area contributed by atoms with Gasteiger partial charge in [-0.1, -0.05) is 15.9 Å². The Balaban J connectivity index is 1.90. The fraction of sp³-hybridized carbons (Fsp3) is 0.538. The number of nitrogen functional groups attached to an aromatic ring is 1. The number of hydrogen-bond acceptors (Lipinski definition) is 3. The summed E-state index contributed by atoms with van der Waals surface area (Å²) in [6.45, 7) is 2.82. The molecule has 1 atom stereocenters. The summed E-state index contributed by atoms with van der Waals surface area (Å²) >= 11 is 3.47. The molecular formula is C13H19BrN2O. The Labute approximate surface area is 111 Å². The van der Waals surface area contributed by atoms with Gasteiger partial charge in [0.15, 0.2) is 0 Å². The van der Waals surface area contributed by atoms with E-state index in [1.54, 1.807) is 0 Å². The number of ether oxygens (including phenoxy) is 1. The standard InChI is InChI=1S/C13H19BrN2O/c1-16(9-13-3-2-4-17-13)8-10-5-11(14)7-12(15)6-10/h5-7,13H,2-4,8-9,15H2,1H3. The molecule has 1 fully saturated rings. The molecular weight excluding hydrogens is 280 g/mol. The molecule has 0 aromatic heterocycles. The first-order chi connectivity index (χ1) is 8.13. The van der Waals surface area contributed by atoms with E-state index in [1.165, 1.54) is 18.4 Å². The van der Waals surface area contributed by atoms with Crippen molar-refractivity contribution in [2.45, 2.75) is 25.5 Å². The quantitative estimate of drug-likeness (QED) is 0.869. The lowest BCUT2D eigenvalue weighted by atomic mass is 10.2. The topological polar surface area (TPSA) is 38.5 Å². The third-order valence-electron chi connectivity index (χ3n) is 2.97. The number of halogens is 1. The minimum atomic E-state index is 0.407. The number of likely N-dealkylation sites (N-methyl/N-ethyl adjacent to an activating group) is 1. The van der Waals surface area contributed by atoms with Gasteiger partial charge in [-0.25, -0.2) is 0 Å². The second-order valence-corrected chi connectivity index (χ2v) is 5.64. The van der Waals surface area contributed by atoms with Gasteiger partial charge in [0.25, 0.3) is 0 Å². The summed E-state index contributed by atoms with van der Waals surface area (Å²) in [6.07, 6.45) is 2.79. The lowest BCUT2D eigenvalue weighted by molar-refractivity contribution is 0.0793. The summed E-state index contributed by atoms with van der Waals surface area (Å²) < 4.78 is 6.67. The first kappa shape index (κ1) is 12.9. The summed E-state index contributed by atoms with van der Waals surface area (Å²) in [4.78, 5) is 2.29. The van der Waals surface area contributed by atoms with E-state index in [-0.39, 0.29) is 0 Å². The Bertz CT molecular complexity index is 357. The molecule has 0 radical (unpaired) electrons. The van der Waals surface area contributed by atoms with E-state index < -0.39 is 0 Å². The Morgan fingerprint density at radius 2 is 2.29 bits per heavy atom. The van der Waals surface area contributed by atoms with Crippen LogP contribution in [0.25, 0.3) is 0 Å². The summed E-state index contributed by atoms with van der Waals surface area (Å²) in [5.74, 6) is 0. The zero-order valence-electron chi connectivity index (χ0n) is 10.2. The minimum absolute atomic E-state index is 0.407. The molecule has 1 heterocycles. The molecule has 0 amide bonds. The largest absolute Gasteiger partial charge is 0.399 e. The van der Waals surface area contributed by atoms with Crippen LogP contribution in [0.1, 0.15) is 18.4 Å². The molecule has 2 N–H and O–H groups in total. The molecule has 0 saturated carbocycles. The number of rotatable bonds is 4. The fourth-order valence-electron chi connectivity index (χ4n) is 2.28. The Morgan fingerprint density at radius 1 is 1.47 bits per heavy atom. The minimum Gasteiger partial charge on any atom is -0.399 e. The van der Waals surface area contributed by atoms with Crippen molar-refractivity contribution in [3.8, 4) is 0 Å². The number of anilines is 1. The highest BCUT2D eigenvalue weighted by Crippen LogP contribution is 2.19. The monoisotopic (exact) mass is 298 g/mol. The molecule has 2 rings (SSSR count). The van der Waals surface area contributed by atoms with Crippen molar-refractivity contribution in [3.63, 3.8) is 0 Å². The zero-order chi connectivity index (χ0) is 12.3. The van der Waals surface area contributed by atoms with Crippen LogP contribution in [0.3, 0.4) is 0 Å². The number of nitrogens with zero attached hydrogens (tertiary/aromatic N) is 1. The highest BCUT2D eigenvalue weighted by atomic mass is 79.9. The maximum Gasteiger partial charge on any atom is 0.0702 e. The van der Waals surface area contributed by atoms with Gasteiger partial charge in [0.2, 0.25) is 0 Å². The van der Waals surface area contributed by atoms with Crippen molar-refractivity contribution < 1.29 is 4.74 Å². The fourth-order valence-corrected chi connectivity index (χ4v) is 2.84. The van der Waals surface area contributed by atoms with Crippen molar-refractivity contribution in [1.29, 1.82) is 0 Å². The summed E-state index contributed by atoms with van der Waals surface area (Å²) in [5.41, 5.74) is 7.86. The van der Waals surface area contributed by atoms with E-state index in [0.717, 1.165) is 29.9 Å². The molecule has 94 valence electrons. The molecule has 1 aromatic carbocycles. The molecule has 17 heavy (non-hydrogen) atoms. The predicted octanol–water partition coefficient (Wildman–Crippen LogP) is 2.64. The zero-order valence-corrected chi connectivity index (χ0v) is 11.7. The average molecular weight is 299 g/mol.